The molecule has 0 nitrogen and oxygen atoms in total. The first-order valence-electron chi connectivity index (χ1n) is 9.72. The van der Waals surface area contributed by atoms with Gasteiger partial charge in [0.15, 0.2) is 0 Å². The molecule has 2 fully saturated rings. The van der Waals surface area contributed by atoms with Gasteiger partial charge in [-0.1, -0.05) is 60.1 Å². The molecule has 0 N–H and O–H groups in total. The van der Waals surface area contributed by atoms with Crippen molar-refractivity contribution in [3.05, 3.63) is 28.8 Å². The van der Waals surface area contributed by atoms with Crippen LogP contribution >= 0.6 is 7.92 Å². The molecule has 0 spiro atoms. The molecule has 0 radical (unpaired) electrons. The minimum atomic E-state index is 0.168. The van der Waals surface area contributed by atoms with E-state index in [1.807, 2.05) is 5.30 Å². The molecular weight excluding hydrogens is 283 g/mol. The van der Waals surface area contributed by atoms with E-state index < -0.39 is 0 Å². The topological polar surface area (TPSA) is 0 Å². The van der Waals surface area contributed by atoms with E-state index in [1.165, 1.54) is 64.2 Å². The molecule has 0 heterocycles. The van der Waals surface area contributed by atoms with Gasteiger partial charge in [0, 0.05) is 0 Å². The lowest BCUT2D eigenvalue weighted by atomic mass is 9.92. The Hall–Kier alpha value is -0.350. The van der Waals surface area contributed by atoms with Gasteiger partial charge in [-0.2, -0.15) is 0 Å². The van der Waals surface area contributed by atoms with Crippen LogP contribution < -0.4 is 5.30 Å². The summed E-state index contributed by atoms with van der Waals surface area (Å²) in [5.74, 6) is 0. The summed E-state index contributed by atoms with van der Waals surface area (Å²) in [6.07, 6.45) is 13.9. The SMILES string of the molecule is CCCc1ccc(P(C2CC2)C2CC2)c(CCC)c1CCC. The summed E-state index contributed by atoms with van der Waals surface area (Å²) < 4.78 is 0. The Kier molecular flexibility index (Phi) is 5.61. The van der Waals surface area contributed by atoms with Crippen LogP contribution in [0.4, 0.5) is 0 Å². The second-order valence-electron chi connectivity index (χ2n) is 7.32. The summed E-state index contributed by atoms with van der Waals surface area (Å²) >= 11 is 0. The first-order valence-corrected chi connectivity index (χ1v) is 11.2. The van der Waals surface area contributed by atoms with Gasteiger partial charge in [-0.05, 0) is 78.3 Å². The standard InChI is InChI=1S/C21H33P/c1-4-7-16-10-15-21(20(9-6-3)19(16)8-5-2)22(17-11-12-17)18-13-14-18/h10,15,17-18H,4-9,11-14H2,1-3H3. The monoisotopic (exact) mass is 316 g/mol. The van der Waals surface area contributed by atoms with Crippen LogP contribution in [-0.4, -0.2) is 11.3 Å². The Morgan fingerprint density at radius 1 is 0.773 bits per heavy atom. The van der Waals surface area contributed by atoms with Crippen LogP contribution in [-0.2, 0) is 19.3 Å². The lowest BCUT2D eigenvalue weighted by Crippen LogP contribution is -2.18. The predicted octanol–water partition coefficient (Wildman–Crippen LogP) is 5.98. The van der Waals surface area contributed by atoms with Gasteiger partial charge in [0.25, 0.3) is 0 Å². The molecule has 0 bridgehead atoms. The van der Waals surface area contributed by atoms with E-state index in [0.717, 1.165) is 11.3 Å². The van der Waals surface area contributed by atoms with Gasteiger partial charge in [0.1, 0.15) is 0 Å². The average Bonchev–Trinajstić information content (AvgIpc) is 3.39. The molecule has 1 aromatic rings. The molecule has 0 atom stereocenters. The van der Waals surface area contributed by atoms with Crippen LogP contribution in [0.5, 0.6) is 0 Å². The largest absolute Gasteiger partial charge is 0.0686 e. The second kappa shape index (κ2) is 7.48. The average molecular weight is 316 g/mol. The molecule has 1 heteroatoms. The van der Waals surface area contributed by atoms with Gasteiger partial charge >= 0.3 is 0 Å². The lowest BCUT2D eigenvalue weighted by Gasteiger charge is -2.25. The number of hydrogen-bond donors (Lipinski definition) is 0. The lowest BCUT2D eigenvalue weighted by molar-refractivity contribution is 0.829. The molecule has 1 aromatic carbocycles. The van der Waals surface area contributed by atoms with Gasteiger partial charge in [-0.25, -0.2) is 0 Å². The summed E-state index contributed by atoms with van der Waals surface area (Å²) in [7, 11) is 0.168. The molecular formula is C21H33P. The van der Waals surface area contributed by atoms with Crippen LogP contribution in [0.15, 0.2) is 12.1 Å². The quantitative estimate of drug-likeness (QED) is 0.492. The van der Waals surface area contributed by atoms with E-state index in [1.54, 1.807) is 16.7 Å². The fraction of sp³-hybridized carbons (Fsp3) is 0.714. The Labute approximate surface area is 138 Å². The van der Waals surface area contributed by atoms with Crippen molar-refractivity contribution in [2.75, 3.05) is 0 Å². The minimum absolute atomic E-state index is 0.168. The van der Waals surface area contributed by atoms with Crippen molar-refractivity contribution < 1.29 is 0 Å². The molecule has 3 rings (SSSR count). The zero-order chi connectivity index (χ0) is 15.5. The number of rotatable bonds is 9. The van der Waals surface area contributed by atoms with E-state index in [4.69, 9.17) is 0 Å². The van der Waals surface area contributed by atoms with E-state index in [2.05, 4.69) is 32.9 Å². The Morgan fingerprint density at radius 3 is 1.82 bits per heavy atom. The summed E-state index contributed by atoms with van der Waals surface area (Å²) in [6.45, 7) is 7.04. The zero-order valence-electron chi connectivity index (χ0n) is 14.8. The van der Waals surface area contributed by atoms with Crippen molar-refractivity contribution in [2.45, 2.75) is 96.3 Å². The molecule has 22 heavy (non-hydrogen) atoms. The van der Waals surface area contributed by atoms with Crippen molar-refractivity contribution in [1.29, 1.82) is 0 Å². The molecule has 0 unspecified atom stereocenters. The van der Waals surface area contributed by atoms with Gasteiger partial charge in [-0.15, -0.1) is 0 Å². The number of aryl methyl sites for hydroxylation is 1. The smallest absolute Gasteiger partial charge is 0.0166 e. The Balaban J connectivity index is 2.01. The predicted molar refractivity (Wildman–Crippen MR) is 101 cm³/mol. The third-order valence-electron chi connectivity index (χ3n) is 5.18. The van der Waals surface area contributed by atoms with Gasteiger partial charge < -0.3 is 0 Å². The van der Waals surface area contributed by atoms with E-state index >= 15 is 0 Å². The van der Waals surface area contributed by atoms with Crippen molar-refractivity contribution in [3.8, 4) is 0 Å². The maximum Gasteiger partial charge on any atom is -0.0166 e. The highest BCUT2D eigenvalue weighted by atomic mass is 31.1. The van der Waals surface area contributed by atoms with Crippen LogP contribution in [0.3, 0.4) is 0 Å². The maximum absolute atomic E-state index is 2.58. The van der Waals surface area contributed by atoms with Crippen LogP contribution in [0.2, 0.25) is 0 Å². The molecule has 0 saturated heterocycles. The highest BCUT2D eigenvalue weighted by Crippen LogP contribution is 2.63. The maximum atomic E-state index is 2.58. The molecule has 2 aliphatic carbocycles. The van der Waals surface area contributed by atoms with Gasteiger partial charge in [0.2, 0.25) is 0 Å². The van der Waals surface area contributed by atoms with Gasteiger partial charge in [-0.3, -0.25) is 0 Å². The number of benzene rings is 1. The van der Waals surface area contributed by atoms with Crippen molar-refractivity contribution in [3.63, 3.8) is 0 Å². The summed E-state index contributed by atoms with van der Waals surface area (Å²) in [5.41, 5.74) is 7.41. The fourth-order valence-electron chi connectivity index (χ4n) is 3.96. The van der Waals surface area contributed by atoms with E-state index in [9.17, 15) is 0 Å². The first-order chi connectivity index (χ1) is 10.8. The highest BCUT2D eigenvalue weighted by molar-refractivity contribution is 7.67. The third-order valence-corrected chi connectivity index (χ3v) is 8.76. The summed E-state index contributed by atoms with van der Waals surface area (Å²) in [6, 6.07) is 5.10. The highest BCUT2D eigenvalue weighted by Gasteiger charge is 2.42. The fourth-order valence-corrected chi connectivity index (χ4v) is 7.56. The Bertz CT molecular complexity index is 485. The minimum Gasteiger partial charge on any atom is -0.0686 e. The van der Waals surface area contributed by atoms with Crippen LogP contribution in [0.25, 0.3) is 0 Å². The Morgan fingerprint density at radius 2 is 1.32 bits per heavy atom. The molecule has 122 valence electrons. The molecule has 2 saturated carbocycles. The normalized spacial score (nSPS) is 18.2. The molecule has 2 aliphatic rings. The van der Waals surface area contributed by atoms with Crippen LogP contribution in [0.1, 0.15) is 82.4 Å². The second-order valence-corrected chi connectivity index (χ2v) is 10.1. The number of hydrogen-bond acceptors (Lipinski definition) is 0. The summed E-state index contributed by atoms with van der Waals surface area (Å²) in [4.78, 5) is 0. The van der Waals surface area contributed by atoms with E-state index in [-0.39, 0.29) is 7.92 Å². The van der Waals surface area contributed by atoms with Crippen molar-refractivity contribution in [2.24, 2.45) is 0 Å². The summed E-state index contributed by atoms with van der Waals surface area (Å²) in [5, 5.41) is 1.84. The van der Waals surface area contributed by atoms with Crippen LogP contribution in [0, 0.1) is 0 Å². The van der Waals surface area contributed by atoms with E-state index in [0.29, 0.717) is 0 Å². The molecule has 0 aromatic heterocycles. The first kappa shape index (κ1) is 16.5. The zero-order valence-corrected chi connectivity index (χ0v) is 15.7. The third kappa shape index (κ3) is 3.59. The molecule has 0 aliphatic heterocycles. The molecule has 0 amide bonds. The van der Waals surface area contributed by atoms with Gasteiger partial charge in [0.05, 0.1) is 0 Å². The van der Waals surface area contributed by atoms with Crippen molar-refractivity contribution in [1.82, 2.24) is 0 Å². The van der Waals surface area contributed by atoms with Crippen molar-refractivity contribution >= 4 is 13.2 Å².